The maximum atomic E-state index is 13.3. The van der Waals surface area contributed by atoms with Crippen LogP contribution in [0.2, 0.25) is 0 Å². The Hall–Kier alpha value is -4.03. The molecule has 1 aromatic heterocycles. The van der Waals surface area contributed by atoms with Crippen molar-refractivity contribution >= 4 is 29.1 Å². The summed E-state index contributed by atoms with van der Waals surface area (Å²) >= 11 is 0. The molecule has 0 radical (unpaired) electrons. The Labute approximate surface area is 212 Å². The molecule has 0 saturated carbocycles. The topological polar surface area (TPSA) is 155 Å². The van der Waals surface area contributed by atoms with Crippen molar-refractivity contribution in [1.29, 1.82) is 0 Å². The predicted molar refractivity (Wildman–Crippen MR) is 131 cm³/mol. The van der Waals surface area contributed by atoms with Gasteiger partial charge in [0.25, 0.3) is 17.4 Å². The number of aliphatic hydroxyl groups is 1. The van der Waals surface area contributed by atoms with Crippen molar-refractivity contribution < 1.29 is 33.9 Å². The third-order valence-corrected chi connectivity index (χ3v) is 6.76. The van der Waals surface area contributed by atoms with E-state index in [1.807, 2.05) is 0 Å². The van der Waals surface area contributed by atoms with Gasteiger partial charge in [-0.25, -0.2) is 4.79 Å². The van der Waals surface area contributed by atoms with Crippen LogP contribution in [0.1, 0.15) is 38.9 Å². The summed E-state index contributed by atoms with van der Waals surface area (Å²) in [6.07, 6.45) is 0. The number of carbonyl (C=O) groups is 3. The van der Waals surface area contributed by atoms with E-state index in [0.717, 1.165) is 0 Å². The first-order chi connectivity index (χ1) is 17.6. The van der Waals surface area contributed by atoms with Crippen molar-refractivity contribution in [3.8, 4) is 0 Å². The number of morpholine rings is 1. The number of rotatable bonds is 7. The van der Waals surface area contributed by atoms with Crippen LogP contribution in [-0.2, 0) is 19.1 Å². The number of ether oxygens (including phenoxy) is 2. The minimum absolute atomic E-state index is 0.106. The Morgan fingerprint density at radius 2 is 1.95 bits per heavy atom. The number of methoxy groups -OCH3 is 1. The summed E-state index contributed by atoms with van der Waals surface area (Å²) in [6.45, 7) is 6.27. The molecule has 12 nitrogen and oxygen atoms in total. The summed E-state index contributed by atoms with van der Waals surface area (Å²) in [6, 6.07) is 4.60. The van der Waals surface area contributed by atoms with Gasteiger partial charge >= 0.3 is 5.97 Å². The Balaban J connectivity index is 1.84. The quantitative estimate of drug-likeness (QED) is 0.142. The average Bonchev–Trinajstić information content (AvgIpc) is 3.34. The predicted octanol–water partition coefficient (Wildman–Crippen LogP) is 2.08. The maximum Gasteiger partial charge on any atom is 0.354 e. The molecule has 37 heavy (non-hydrogen) atoms. The zero-order chi connectivity index (χ0) is 26.9. The number of aromatic nitrogens is 1. The number of aliphatic hydroxyl groups excluding tert-OH is 1. The number of Topliss-reactive ketones (excluding diaryl/α,β-unsaturated/α-hetero) is 1. The van der Waals surface area contributed by atoms with Crippen LogP contribution in [0.4, 0.5) is 5.69 Å². The highest BCUT2D eigenvalue weighted by Gasteiger charge is 2.47. The fourth-order valence-electron chi connectivity index (χ4n) is 4.89. The van der Waals surface area contributed by atoms with Crippen LogP contribution >= 0.6 is 0 Å². The molecule has 0 unspecified atom stereocenters. The number of nitrogens with one attached hydrogen (secondary N) is 1. The number of nitro groups is 1. The minimum atomic E-state index is -1.06. The highest BCUT2D eigenvalue weighted by molar-refractivity contribution is 6.46. The van der Waals surface area contributed by atoms with E-state index in [1.54, 1.807) is 19.9 Å². The second-order valence-electron chi connectivity index (χ2n) is 8.92. The van der Waals surface area contributed by atoms with Crippen LogP contribution in [0.5, 0.6) is 0 Å². The normalized spacial score (nSPS) is 19.9. The highest BCUT2D eigenvalue weighted by atomic mass is 16.6. The van der Waals surface area contributed by atoms with Crippen LogP contribution in [0.3, 0.4) is 0 Å². The number of hydrogen-bond acceptors (Lipinski definition) is 9. The van der Waals surface area contributed by atoms with Crippen LogP contribution in [-0.4, -0.2) is 89.0 Å². The van der Waals surface area contributed by atoms with Gasteiger partial charge in [0.2, 0.25) is 0 Å². The number of nitrogens with zero attached hydrogens (tertiary/aromatic N) is 3. The third kappa shape index (κ3) is 4.85. The highest BCUT2D eigenvalue weighted by Crippen LogP contribution is 2.41. The standard InChI is InChI=1S/C25H28N4O8/c1-14-18(15(2)26-20(14)25(33)36-3)22(30)19-21(16-5-4-6-17(13-16)29(34)35)28(24(32)23(19)31)8-7-27-9-11-37-12-10-27/h4-6,13,21,26,30H,7-12H2,1-3H3/b22-19+/t21-/m1/s1. The van der Waals surface area contributed by atoms with E-state index in [0.29, 0.717) is 49.7 Å². The molecule has 2 aliphatic rings. The van der Waals surface area contributed by atoms with Gasteiger partial charge in [0.1, 0.15) is 11.5 Å². The molecular formula is C25H28N4O8. The zero-order valence-electron chi connectivity index (χ0n) is 20.8. The van der Waals surface area contributed by atoms with Gasteiger partial charge in [-0.3, -0.25) is 24.6 Å². The number of benzene rings is 1. The molecule has 2 aliphatic heterocycles. The molecule has 0 spiro atoms. The first-order valence-electron chi connectivity index (χ1n) is 11.8. The third-order valence-electron chi connectivity index (χ3n) is 6.76. The molecule has 12 heteroatoms. The van der Waals surface area contributed by atoms with E-state index in [9.17, 15) is 29.6 Å². The number of esters is 1. The second kappa shape index (κ2) is 10.5. The smallest absolute Gasteiger partial charge is 0.354 e. The summed E-state index contributed by atoms with van der Waals surface area (Å²) in [4.78, 5) is 55.9. The lowest BCUT2D eigenvalue weighted by molar-refractivity contribution is -0.384. The van der Waals surface area contributed by atoms with Crippen LogP contribution < -0.4 is 0 Å². The van der Waals surface area contributed by atoms with E-state index < -0.39 is 34.4 Å². The lowest BCUT2D eigenvalue weighted by Gasteiger charge is -2.31. The summed E-state index contributed by atoms with van der Waals surface area (Å²) in [7, 11) is 1.22. The van der Waals surface area contributed by atoms with Crippen molar-refractivity contribution in [2.45, 2.75) is 19.9 Å². The minimum Gasteiger partial charge on any atom is -0.507 e. The van der Waals surface area contributed by atoms with Crippen molar-refractivity contribution in [3.05, 3.63) is 68.0 Å². The lowest BCUT2D eigenvalue weighted by Crippen LogP contribution is -2.42. The monoisotopic (exact) mass is 512 g/mol. The van der Waals surface area contributed by atoms with Crippen molar-refractivity contribution in [1.82, 2.24) is 14.8 Å². The average molecular weight is 513 g/mol. The number of ketones is 1. The van der Waals surface area contributed by atoms with Gasteiger partial charge in [0, 0.05) is 49.6 Å². The molecule has 1 atom stereocenters. The van der Waals surface area contributed by atoms with E-state index in [1.165, 1.54) is 30.2 Å². The molecule has 1 amide bonds. The van der Waals surface area contributed by atoms with Gasteiger partial charge in [0.05, 0.1) is 36.9 Å². The van der Waals surface area contributed by atoms with Gasteiger partial charge < -0.3 is 24.5 Å². The number of carbonyl (C=O) groups excluding carboxylic acids is 3. The molecule has 2 aromatic rings. The number of amides is 1. The number of aromatic amines is 1. The molecule has 0 bridgehead atoms. The van der Waals surface area contributed by atoms with Gasteiger partial charge in [-0.05, 0) is 25.0 Å². The number of nitro benzene ring substituents is 1. The lowest BCUT2D eigenvalue weighted by atomic mass is 9.93. The van der Waals surface area contributed by atoms with E-state index in [2.05, 4.69) is 9.88 Å². The van der Waals surface area contributed by atoms with Gasteiger partial charge in [0.15, 0.2) is 0 Å². The van der Waals surface area contributed by atoms with E-state index in [-0.39, 0.29) is 29.1 Å². The Kier molecular flexibility index (Phi) is 7.41. The fraction of sp³-hybridized carbons (Fsp3) is 0.400. The first-order valence-corrected chi connectivity index (χ1v) is 11.8. The largest absolute Gasteiger partial charge is 0.507 e. The number of likely N-dealkylation sites (tertiary alicyclic amines) is 1. The molecule has 2 N–H and O–H groups in total. The Bertz CT molecular complexity index is 1290. The maximum absolute atomic E-state index is 13.3. The summed E-state index contributed by atoms with van der Waals surface area (Å²) < 4.78 is 10.2. The molecule has 1 aromatic carbocycles. The van der Waals surface area contributed by atoms with Gasteiger partial charge in [-0.1, -0.05) is 12.1 Å². The Morgan fingerprint density at radius 1 is 1.24 bits per heavy atom. The number of H-pyrrole nitrogens is 1. The molecule has 196 valence electrons. The van der Waals surface area contributed by atoms with Crippen LogP contribution in [0, 0.1) is 24.0 Å². The molecular weight excluding hydrogens is 484 g/mol. The number of aryl methyl sites for hydroxylation is 1. The number of non-ortho nitro benzene ring substituents is 1. The van der Waals surface area contributed by atoms with Crippen molar-refractivity contribution in [2.24, 2.45) is 0 Å². The van der Waals surface area contributed by atoms with Crippen LogP contribution in [0.25, 0.3) is 5.76 Å². The van der Waals surface area contributed by atoms with Gasteiger partial charge in [-0.2, -0.15) is 0 Å². The van der Waals surface area contributed by atoms with E-state index in [4.69, 9.17) is 9.47 Å². The SMILES string of the molecule is COC(=O)c1[nH]c(C)c(/C(O)=C2\C(=O)C(=O)N(CCN3CCOCC3)[C@@H]2c2cccc([N+](=O)[O-])c2)c1C. The molecule has 4 rings (SSSR count). The molecule has 0 aliphatic carbocycles. The zero-order valence-corrected chi connectivity index (χ0v) is 20.8. The second-order valence-corrected chi connectivity index (χ2v) is 8.92. The molecule has 3 heterocycles. The Morgan fingerprint density at radius 3 is 2.59 bits per heavy atom. The van der Waals surface area contributed by atoms with E-state index >= 15 is 0 Å². The summed E-state index contributed by atoms with van der Waals surface area (Å²) in [5, 5.41) is 22.9. The molecule has 2 saturated heterocycles. The summed E-state index contributed by atoms with van der Waals surface area (Å²) in [5.41, 5.74) is 0.951. The number of hydrogen-bond donors (Lipinski definition) is 2. The fourth-order valence-corrected chi connectivity index (χ4v) is 4.89. The summed E-state index contributed by atoms with van der Waals surface area (Å²) in [5.74, 6) is -2.84. The van der Waals surface area contributed by atoms with Gasteiger partial charge in [-0.15, -0.1) is 0 Å². The van der Waals surface area contributed by atoms with Crippen molar-refractivity contribution in [2.75, 3.05) is 46.5 Å². The van der Waals surface area contributed by atoms with Crippen LogP contribution in [0.15, 0.2) is 29.8 Å². The first kappa shape index (κ1) is 26.0. The van der Waals surface area contributed by atoms with Crippen molar-refractivity contribution in [3.63, 3.8) is 0 Å². The molecule has 2 fully saturated rings.